The van der Waals surface area contributed by atoms with Crippen LogP contribution in [0.25, 0.3) is 11.3 Å². The van der Waals surface area contributed by atoms with Gasteiger partial charge < -0.3 is 10.3 Å². The predicted molar refractivity (Wildman–Crippen MR) is 70.0 cm³/mol. The molecule has 1 aliphatic rings. The highest BCUT2D eigenvalue weighted by Crippen LogP contribution is 2.42. The van der Waals surface area contributed by atoms with Crippen molar-refractivity contribution in [2.24, 2.45) is 7.05 Å². The first-order valence-corrected chi connectivity index (χ1v) is 6.37. The van der Waals surface area contributed by atoms with Crippen LogP contribution in [0.4, 0.5) is 19.0 Å². The van der Waals surface area contributed by atoms with Gasteiger partial charge in [-0.1, -0.05) is 12.1 Å². The molecular weight excluding hydrogens is 267 g/mol. The van der Waals surface area contributed by atoms with E-state index in [1.165, 1.54) is 12.1 Å². The van der Waals surface area contributed by atoms with Crippen LogP contribution in [0.3, 0.4) is 0 Å². The molecule has 0 unspecified atom stereocenters. The van der Waals surface area contributed by atoms with Gasteiger partial charge in [0.25, 0.3) is 0 Å². The number of rotatable bonds is 2. The van der Waals surface area contributed by atoms with Crippen molar-refractivity contribution < 1.29 is 13.2 Å². The van der Waals surface area contributed by atoms with E-state index < -0.39 is 11.7 Å². The fourth-order valence-corrected chi connectivity index (χ4v) is 2.27. The average Bonchev–Trinajstić information content (AvgIpc) is 3.18. The van der Waals surface area contributed by atoms with Crippen molar-refractivity contribution >= 4 is 5.82 Å². The van der Waals surface area contributed by atoms with Gasteiger partial charge in [-0.2, -0.15) is 13.2 Å². The summed E-state index contributed by atoms with van der Waals surface area (Å²) < 4.78 is 39.4. The number of imidazole rings is 1. The maximum atomic E-state index is 12.5. The van der Waals surface area contributed by atoms with Crippen LogP contribution in [0.2, 0.25) is 0 Å². The zero-order valence-electron chi connectivity index (χ0n) is 10.9. The van der Waals surface area contributed by atoms with Crippen LogP contribution >= 0.6 is 0 Å². The number of alkyl halides is 3. The molecule has 0 aliphatic heterocycles. The summed E-state index contributed by atoms with van der Waals surface area (Å²) >= 11 is 0. The van der Waals surface area contributed by atoms with Gasteiger partial charge >= 0.3 is 6.18 Å². The molecule has 0 radical (unpaired) electrons. The lowest BCUT2D eigenvalue weighted by Crippen LogP contribution is -2.04. The lowest BCUT2D eigenvalue weighted by Gasteiger charge is -2.07. The highest BCUT2D eigenvalue weighted by Gasteiger charge is 2.31. The van der Waals surface area contributed by atoms with Crippen LogP contribution in [0.15, 0.2) is 24.3 Å². The van der Waals surface area contributed by atoms with Gasteiger partial charge in [-0.05, 0) is 25.0 Å². The molecule has 2 N–H and O–H groups in total. The molecule has 106 valence electrons. The maximum absolute atomic E-state index is 12.5. The Bertz CT molecular complexity index is 637. The summed E-state index contributed by atoms with van der Waals surface area (Å²) in [4.78, 5) is 4.49. The third-order valence-electron chi connectivity index (χ3n) is 3.60. The Labute approximate surface area is 114 Å². The number of anilines is 1. The topological polar surface area (TPSA) is 43.8 Å². The van der Waals surface area contributed by atoms with Gasteiger partial charge in [-0.15, -0.1) is 0 Å². The van der Waals surface area contributed by atoms with E-state index in [4.69, 9.17) is 5.73 Å². The minimum atomic E-state index is -4.33. The van der Waals surface area contributed by atoms with Crippen molar-refractivity contribution in [3.05, 3.63) is 35.7 Å². The van der Waals surface area contributed by atoms with E-state index in [-0.39, 0.29) is 0 Å². The Morgan fingerprint density at radius 2 is 1.80 bits per heavy atom. The van der Waals surface area contributed by atoms with E-state index in [1.807, 2.05) is 11.6 Å². The molecule has 0 spiro atoms. The first-order chi connectivity index (χ1) is 9.38. The summed E-state index contributed by atoms with van der Waals surface area (Å²) in [6.45, 7) is 0. The first kappa shape index (κ1) is 13.0. The smallest absolute Gasteiger partial charge is 0.383 e. The molecule has 1 saturated carbocycles. The van der Waals surface area contributed by atoms with Crippen molar-refractivity contribution in [3.8, 4) is 11.3 Å². The Hall–Kier alpha value is -1.98. The molecule has 1 fully saturated rings. The number of aromatic nitrogens is 2. The van der Waals surface area contributed by atoms with Crippen LogP contribution < -0.4 is 5.73 Å². The highest BCUT2D eigenvalue weighted by atomic mass is 19.4. The summed E-state index contributed by atoms with van der Waals surface area (Å²) in [5.74, 6) is 1.84. The Morgan fingerprint density at radius 3 is 2.30 bits per heavy atom. The van der Waals surface area contributed by atoms with Gasteiger partial charge in [-0.25, -0.2) is 4.98 Å². The van der Waals surface area contributed by atoms with E-state index in [0.29, 0.717) is 23.0 Å². The van der Waals surface area contributed by atoms with Gasteiger partial charge in [0.15, 0.2) is 0 Å². The number of nitrogen functional groups attached to an aromatic ring is 1. The zero-order chi connectivity index (χ0) is 14.5. The molecule has 0 saturated heterocycles. The molecular formula is C14H14F3N3. The summed E-state index contributed by atoms with van der Waals surface area (Å²) in [6, 6.07) is 4.94. The molecule has 20 heavy (non-hydrogen) atoms. The SMILES string of the molecule is Cn1c(C2CC2)nc(-c2ccc(C(F)(F)F)cc2)c1N. The van der Waals surface area contributed by atoms with E-state index in [1.54, 1.807) is 0 Å². The molecule has 1 aromatic heterocycles. The molecule has 1 aromatic carbocycles. The quantitative estimate of drug-likeness (QED) is 0.914. The largest absolute Gasteiger partial charge is 0.416 e. The second kappa shape index (κ2) is 4.26. The van der Waals surface area contributed by atoms with Crippen molar-refractivity contribution in [2.75, 3.05) is 5.73 Å². The van der Waals surface area contributed by atoms with Crippen molar-refractivity contribution in [2.45, 2.75) is 24.9 Å². The van der Waals surface area contributed by atoms with Gasteiger partial charge in [0.2, 0.25) is 0 Å². The normalized spacial score (nSPS) is 15.6. The van der Waals surface area contributed by atoms with Crippen LogP contribution in [0.5, 0.6) is 0 Å². The number of nitrogens with zero attached hydrogens (tertiary/aromatic N) is 2. The summed E-state index contributed by atoms with van der Waals surface area (Å²) in [5.41, 5.74) is 6.50. The van der Waals surface area contributed by atoms with E-state index >= 15 is 0 Å². The molecule has 6 heteroatoms. The lowest BCUT2D eigenvalue weighted by molar-refractivity contribution is -0.137. The second-order valence-corrected chi connectivity index (χ2v) is 5.11. The van der Waals surface area contributed by atoms with Crippen molar-refractivity contribution in [3.63, 3.8) is 0 Å². The molecule has 0 amide bonds. The van der Waals surface area contributed by atoms with E-state index in [9.17, 15) is 13.2 Å². The third kappa shape index (κ3) is 2.15. The Kier molecular flexibility index (Phi) is 2.77. The van der Waals surface area contributed by atoms with Crippen molar-refractivity contribution in [1.29, 1.82) is 0 Å². The number of benzene rings is 1. The van der Waals surface area contributed by atoms with Crippen LogP contribution in [-0.2, 0) is 13.2 Å². The van der Waals surface area contributed by atoms with Crippen LogP contribution in [0, 0.1) is 0 Å². The Morgan fingerprint density at radius 1 is 1.20 bits per heavy atom. The van der Waals surface area contributed by atoms with E-state index in [0.717, 1.165) is 30.8 Å². The summed E-state index contributed by atoms with van der Waals surface area (Å²) in [7, 11) is 1.84. The maximum Gasteiger partial charge on any atom is 0.416 e. The van der Waals surface area contributed by atoms with Crippen molar-refractivity contribution in [1.82, 2.24) is 9.55 Å². The fourth-order valence-electron chi connectivity index (χ4n) is 2.27. The third-order valence-corrected chi connectivity index (χ3v) is 3.60. The number of nitrogens with two attached hydrogens (primary N) is 1. The predicted octanol–water partition coefficient (Wildman–Crippen LogP) is 3.57. The standard InChI is InChI=1S/C14H14F3N3/c1-20-12(18)11(19-13(20)9-2-3-9)8-4-6-10(7-5-8)14(15,16)17/h4-7,9H,2-3,18H2,1H3. The average molecular weight is 281 g/mol. The monoisotopic (exact) mass is 281 g/mol. The number of halogens is 3. The summed E-state index contributed by atoms with van der Waals surface area (Å²) in [6.07, 6.45) is -2.14. The molecule has 3 rings (SSSR count). The zero-order valence-corrected chi connectivity index (χ0v) is 10.9. The second-order valence-electron chi connectivity index (χ2n) is 5.11. The number of hydrogen-bond donors (Lipinski definition) is 1. The molecule has 1 aliphatic carbocycles. The molecule has 0 atom stereocenters. The molecule has 2 aromatic rings. The molecule has 1 heterocycles. The van der Waals surface area contributed by atoms with Crippen LogP contribution in [-0.4, -0.2) is 9.55 Å². The van der Waals surface area contributed by atoms with Gasteiger partial charge in [-0.3, -0.25) is 0 Å². The van der Waals surface area contributed by atoms with Gasteiger partial charge in [0.05, 0.1) is 5.56 Å². The molecule has 3 nitrogen and oxygen atoms in total. The molecule has 0 bridgehead atoms. The van der Waals surface area contributed by atoms with Gasteiger partial charge in [0.1, 0.15) is 17.3 Å². The minimum Gasteiger partial charge on any atom is -0.383 e. The first-order valence-electron chi connectivity index (χ1n) is 6.37. The highest BCUT2D eigenvalue weighted by molar-refractivity contribution is 5.71. The van der Waals surface area contributed by atoms with E-state index in [2.05, 4.69) is 4.98 Å². The van der Waals surface area contributed by atoms with Crippen LogP contribution in [0.1, 0.15) is 30.1 Å². The lowest BCUT2D eigenvalue weighted by atomic mass is 10.1. The summed E-state index contributed by atoms with van der Waals surface area (Å²) in [5, 5.41) is 0. The Balaban J connectivity index is 1.99. The van der Waals surface area contributed by atoms with Gasteiger partial charge in [0, 0.05) is 18.5 Å². The minimum absolute atomic E-state index is 0.436. The number of hydrogen-bond acceptors (Lipinski definition) is 2. The fraction of sp³-hybridized carbons (Fsp3) is 0.357.